The highest BCUT2D eigenvalue weighted by Crippen LogP contribution is 2.48. The van der Waals surface area contributed by atoms with E-state index in [0.29, 0.717) is 34.4 Å². The van der Waals surface area contributed by atoms with Gasteiger partial charge in [-0.3, -0.25) is 14.2 Å². The molecule has 10 heteroatoms. The predicted octanol–water partition coefficient (Wildman–Crippen LogP) is 5.03. The molecule has 0 aromatic heterocycles. The van der Waals surface area contributed by atoms with Gasteiger partial charge in [-0.15, -0.1) is 0 Å². The molecule has 0 fully saturated rings. The Balaban J connectivity index is 1.77. The smallest absolute Gasteiger partial charge is 0.354 e. The quantitative estimate of drug-likeness (QED) is 0.250. The van der Waals surface area contributed by atoms with Crippen LogP contribution in [0, 0.1) is 0 Å². The molecule has 0 spiro atoms. The van der Waals surface area contributed by atoms with Gasteiger partial charge in [0, 0.05) is 29.7 Å². The summed E-state index contributed by atoms with van der Waals surface area (Å²) in [6.45, 7) is 4.26. The van der Waals surface area contributed by atoms with Gasteiger partial charge < -0.3 is 29.5 Å². The summed E-state index contributed by atoms with van der Waals surface area (Å²) in [7, 11) is 1.88. The van der Waals surface area contributed by atoms with Crippen molar-refractivity contribution in [3.05, 3.63) is 83.9 Å². The lowest BCUT2D eigenvalue weighted by Crippen LogP contribution is -2.34. The van der Waals surface area contributed by atoms with E-state index in [2.05, 4.69) is 10.6 Å². The van der Waals surface area contributed by atoms with Gasteiger partial charge in [0.25, 0.3) is 5.91 Å². The van der Waals surface area contributed by atoms with Crippen LogP contribution in [0.25, 0.3) is 11.3 Å². The van der Waals surface area contributed by atoms with E-state index in [4.69, 9.17) is 9.05 Å². The number of fused-ring (bicyclic) bond motifs is 1. The maximum Gasteiger partial charge on any atom is 0.361 e. The maximum atomic E-state index is 13.5. The third kappa shape index (κ3) is 6.35. The lowest BCUT2D eigenvalue weighted by Gasteiger charge is -2.21. The van der Waals surface area contributed by atoms with E-state index in [-0.39, 0.29) is 25.0 Å². The first-order valence-corrected chi connectivity index (χ1v) is 14.6. The first-order valence-electron chi connectivity index (χ1n) is 13.1. The Morgan fingerprint density at radius 2 is 1.57 bits per heavy atom. The SMILES string of the molecule is CCOP(=O)(OCC)c1ccc2c(c1)C(=C(Nc1ccc(N(C)C(=O)CN(C)C)cc1)c1ccccc1)C(=O)N2. The zero-order valence-corrected chi connectivity index (χ0v) is 24.3. The van der Waals surface area contributed by atoms with Crippen LogP contribution in [0.3, 0.4) is 0 Å². The van der Waals surface area contributed by atoms with Crippen molar-refractivity contribution in [2.75, 3.05) is 56.4 Å². The molecule has 3 aromatic carbocycles. The van der Waals surface area contributed by atoms with Gasteiger partial charge in [-0.1, -0.05) is 30.3 Å². The van der Waals surface area contributed by atoms with Gasteiger partial charge >= 0.3 is 7.60 Å². The minimum atomic E-state index is -3.57. The van der Waals surface area contributed by atoms with E-state index in [9.17, 15) is 14.2 Å². The summed E-state index contributed by atoms with van der Waals surface area (Å²) in [5.74, 6) is -0.309. The number of nitrogens with one attached hydrogen (secondary N) is 2. The lowest BCUT2D eigenvalue weighted by molar-refractivity contribution is -0.119. The fourth-order valence-electron chi connectivity index (χ4n) is 4.42. The molecular formula is C30H35N4O5P. The van der Waals surface area contributed by atoms with Crippen LogP contribution in [0.5, 0.6) is 0 Å². The monoisotopic (exact) mass is 562 g/mol. The van der Waals surface area contributed by atoms with Gasteiger partial charge in [-0.05, 0) is 76.0 Å². The number of nitrogens with zero attached hydrogens (tertiary/aromatic N) is 2. The van der Waals surface area contributed by atoms with E-state index >= 15 is 0 Å². The topological polar surface area (TPSA) is 100 Å². The molecule has 4 rings (SSSR count). The van der Waals surface area contributed by atoms with Crippen molar-refractivity contribution in [2.45, 2.75) is 13.8 Å². The number of anilines is 3. The number of hydrogen-bond acceptors (Lipinski definition) is 7. The van der Waals surface area contributed by atoms with Crippen LogP contribution in [-0.4, -0.2) is 57.6 Å². The van der Waals surface area contributed by atoms with Crippen LogP contribution in [0.4, 0.5) is 17.1 Å². The average molecular weight is 563 g/mol. The molecule has 0 saturated carbocycles. The first kappa shape index (κ1) is 29.2. The Hall–Kier alpha value is -3.75. The Labute approximate surface area is 235 Å². The van der Waals surface area contributed by atoms with E-state index in [1.54, 1.807) is 44.0 Å². The highest BCUT2D eigenvalue weighted by atomic mass is 31.2. The number of amides is 2. The summed E-state index contributed by atoms with van der Waals surface area (Å²) >= 11 is 0. The molecule has 1 aliphatic rings. The zero-order chi connectivity index (χ0) is 28.9. The molecule has 0 saturated heterocycles. The van der Waals surface area contributed by atoms with Gasteiger partial charge in [-0.2, -0.15) is 0 Å². The van der Waals surface area contributed by atoms with Crippen molar-refractivity contribution in [1.29, 1.82) is 0 Å². The molecule has 0 radical (unpaired) electrons. The Morgan fingerprint density at radius 3 is 2.17 bits per heavy atom. The van der Waals surface area contributed by atoms with Gasteiger partial charge in [-0.25, -0.2) is 0 Å². The molecule has 0 aliphatic carbocycles. The number of likely N-dealkylation sites (N-methyl/N-ethyl adjacent to an activating group) is 2. The molecule has 210 valence electrons. The maximum absolute atomic E-state index is 13.5. The lowest BCUT2D eigenvalue weighted by atomic mass is 10.00. The highest BCUT2D eigenvalue weighted by Gasteiger charge is 2.33. The number of carbonyl (C=O) groups is 2. The fourth-order valence-corrected chi connectivity index (χ4v) is 6.01. The normalized spacial score (nSPS) is 14.1. The summed E-state index contributed by atoms with van der Waals surface area (Å²) in [5.41, 5.74) is 4.48. The summed E-state index contributed by atoms with van der Waals surface area (Å²) in [6.07, 6.45) is 0. The van der Waals surface area contributed by atoms with Gasteiger partial charge in [0.05, 0.1) is 36.3 Å². The zero-order valence-electron chi connectivity index (χ0n) is 23.4. The van der Waals surface area contributed by atoms with Crippen LogP contribution >= 0.6 is 7.60 Å². The average Bonchev–Trinajstić information content (AvgIpc) is 3.26. The third-order valence-electron chi connectivity index (χ3n) is 6.32. The second-order valence-corrected chi connectivity index (χ2v) is 11.5. The molecule has 3 aromatic rings. The van der Waals surface area contributed by atoms with Gasteiger partial charge in [0.15, 0.2) is 0 Å². The summed E-state index contributed by atoms with van der Waals surface area (Å²) in [6, 6.07) is 22.0. The van der Waals surface area contributed by atoms with E-state index in [1.807, 2.05) is 73.6 Å². The van der Waals surface area contributed by atoms with Crippen molar-refractivity contribution in [3.63, 3.8) is 0 Å². The minimum Gasteiger partial charge on any atom is -0.354 e. The van der Waals surface area contributed by atoms with E-state index in [0.717, 1.165) is 16.9 Å². The van der Waals surface area contributed by atoms with Crippen LogP contribution in [0.15, 0.2) is 72.8 Å². The second kappa shape index (κ2) is 12.6. The molecule has 2 N–H and O–H groups in total. The van der Waals surface area contributed by atoms with Crippen LogP contribution in [0.1, 0.15) is 25.0 Å². The standard InChI is InChI=1S/C30H35N4O5P/c1-6-38-40(37,39-7-2)24-17-18-26-25(19-24)28(30(36)32-26)29(21-11-9-8-10-12-21)31-22-13-15-23(16-14-22)34(5)27(35)20-33(3)4/h8-19,31H,6-7,20H2,1-5H3,(H,32,36). The third-order valence-corrected chi connectivity index (χ3v) is 8.43. The summed E-state index contributed by atoms with van der Waals surface area (Å²) < 4.78 is 24.6. The number of rotatable bonds is 11. The van der Waals surface area contributed by atoms with E-state index < -0.39 is 7.60 Å². The molecule has 1 aliphatic heterocycles. The van der Waals surface area contributed by atoms with Gasteiger partial charge in [0.1, 0.15) is 0 Å². The Kier molecular flexibility index (Phi) is 9.22. The van der Waals surface area contributed by atoms with Crippen molar-refractivity contribution in [3.8, 4) is 0 Å². The molecule has 0 unspecified atom stereocenters. The fraction of sp³-hybridized carbons (Fsp3) is 0.267. The van der Waals surface area contributed by atoms with Crippen LogP contribution in [-0.2, 0) is 23.2 Å². The number of hydrogen-bond donors (Lipinski definition) is 2. The van der Waals surface area contributed by atoms with Gasteiger partial charge in [0.2, 0.25) is 5.91 Å². The first-order chi connectivity index (χ1) is 19.2. The summed E-state index contributed by atoms with van der Waals surface area (Å²) in [5, 5.41) is 6.72. The molecule has 0 atom stereocenters. The van der Waals surface area contributed by atoms with Crippen molar-refractivity contribution >= 4 is 53.0 Å². The number of carbonyl (C=O) groups excluding carboxylic acids is 2. The number of benzene rings is 3. The van der Waals surface area contributed by atoms with Crippen LogP contribution in [0.2, 0.25) is 0 Å². The summed E-state index contributed by atoms with van der Waals surface area (Å²) in [4.78, 5) is 29.3. The Morgan fingerprint density at radius 1 is 0.925 bits per heavy atom. The molecule has 40 heavy (non-hydrogen) atoms. The highest BCUT2D eigenvalue weighted by molar-refractivity contribution is 7.62. The van der Waals surface area contributed by atoms with Crippen LogP contribution < -0.4 is 20.8 Å². The largest absolute Gasteiger partial charge is 0.361 e. The second-order valence-electron chi connectivity index (χ2n) is 9.50. The van der Waals surface area contributed by atoms with E-state index in [1.165, 1.54) is 0 Å². The molecular weight excluding hydrogens is 527 g/mol. The molecule has 9 nitrogen and oxygen atoms in total. The molecule has 1 heterocycles. The predicted molar refractivity (Wildman–Crippen MR) is 161 cm³/mol. The minimum absolute atomic E-state index is 0.0239. The van der Waals surface area contributed by atoms with Crippen molar-refractivity contribution in [2.24, 2.45) is 0 Å². The Bertz CT molecular complexity index is 1440. The van der Waals surface area contributed by atoms with Crippen molar-refractivity contribution in [1.82, 2.24) is 4.90 Å². The van der Waals surface area contributed by atoms with Crippen molar-refractivity contribution < 1.29 is 23.2 Å². The molecule has 2 amide bonds. The molecule has 0 bridgehead atoms.